The minimum atomic E-state index is -3.55. The highest BCUT2D eigenvalue weighted by atomic mass is 32.2. The van der Waals surface area contributed by atoms with Gasteiger partial charge in [-0.15, -0.1) is 0 Å². The maximum Gasteiger partial charge on any atom is 0.246 e. The molecular formula is C16H28N2O3S. The lowest BCUT2D eigenvalue weighted by Crippen LogP contribution is -2.38. The fourth-order valence-electron chi connectivity index (χ4n) is 2.37. The highest BCUT2D eigenvalue weighted by Crippen LogP contribution is 2.27. The van der Waals surface area contributed by atoms with Gasteiger partial charge in [-0.3, -0.25) is 0 Å². The van der Waals surface area contributed by atoms with Crippen molar-refractivity contribution < 1.29 is 13.2 Å². The van der Waals surface area contributed by atoms with E-state index in [-0.39, 0.29) is 4.90 Å². The van der Waals surface area contributed by atoms with E-state index in [1.807, 2.05) is 19.9 Å². The molecule has 0 saturated heterocycles. The van der Waals surface area contributed by atoms with E-state index in [2.05, 4.69) is 18.7 Å². The molecule has 1 rings (SSSR count). The van der Waals surface area contributed by atoms with Gasteiger partial charge in [0.2, 0.25) is 10.0 Å². The molecule has 22 heavy (non-hydrogen) atoms. The van der Waals surface area contributed by atoms with Gasteiger partial charge in [-0.1, -0.05) is 26.8 Å². The van der Waals surface area contributed by atoms with Crippen LogP contribution in [0.2, 0.25) is 0 Å². The van der Waals surface area contributed by atoms with E-state index in [1.54, 1.807) is 12.1 Å². The molecule has 0 aliphatic carbocycles. The summed E-state index contributed by atoms with van der Waals surface area (Å²) in [5, 5.41) is 0. The van der Waals surface area contributed by atoms with Crippen LogP contribution in [0.15, 0.2) is 23.1 Å². The summed E-state index contributed by atoms with van der Waals surface area (Å²) in [5.41, 5.74) is 0.902. The lowest BCUT2D eigenvalue weighted by molar-refractivity contribution is 0.273. The van der Waals surface area contributed by atoms with Crippen LogP contribution in [0, 0.1) is 6.92 Å². The van der Waals surface area contributed by atoms with Gasteiger partial charge in [0.1, 0.15) is 10.6 Å². The van der Waals surface area contributed by atoms with E-state index in [0.717, 1.165) is 25.2 Å². The molecule has 0 fully saturated rings. The summed E-state index contributed by atoms with van der Waals surface area (Å²) in [6.07, 6.45) is 0. The number of sulfonamides is 1. The molecule has 0 atom stereocenters. The van der Waals surface area contributed by atoms with Crippen molar-refractivity contribution in [3.8, 4) is 5.75 Å². The number of aryl methyl sites for hydroxylation is 1. The Hall–Kier alpha value is -1.11. The Kier molecular flexibility index (Phi) is 7.32. The molecule has 0 bridgehead atoms. The first kappa shape index (κ1) is 18.9. The van der Waals surface area contributed by atoms with Crippen molar-refractivity contribution in [1.29, 1.82) is 0 Å². The van der Waals surface area contributed by atoms with Gasteiger partial charge in [-0.2, -0.15) is 4.31 Å². The molecule has 0 N–H and O–H groups in total. The number of hydrogen-bond donors (Lipinski definition) is 0. The summed E-state index contributed by atoms with van der Waals surface area (Å²) in [7, 11) is -2.05. The second-order valence-electron chi connectivity index (χ2n) is 5.18. The van der Waals surface area contributed by atoms with Crippen molar-refractivity contribution in [3.05, 3.63) is 23.8 Å². The van der Waals surface area contributed by atoms with Crippen LogP contribution in [0.5, 0.6) is 5.75 Å². The molecule has 0 heterocycles. The molecule has 0 aliphatic rings. The van der Waals surface area contributed by atoms with Crippen LogP contribution >= 0.6 is 0 Å². The largest absolute Gasteiger partial charge is 0.495 e. The molecule has 1 aromatic rings. The number of rotatable bonds is 9. The topological polar surface area (TPSA) is 49.9 Å². The summed E-state index contributed by atoms with van der Waals surface area (Å²) < 4.78 is 32.6. The standard InChI is InChI=1S/C16H28N2O3S/c1-6-17(7-2)11-12-18(8-3)22(19,20)16-13-14(4)9-10-15(16)21-5/h9-10,13H,6-8,11-12H2,1-5H3. The first-order chi connectivity index (χ1) is 10.4. The van der Waals surface area contributed by atoms with Crippen LogP contribution in [0.4, 0.5) is 0 Å². The lowest BCUT2D eigenvalue weighted by Gasteiger charge is -2.25. The van der Waals surface area contributed by atoms with Gasteiger partial charge < -0.3 is 9.64 Å². The Morgan fingerprint density at radius 2 is 1.68 bits per heavy atom. The molecule has 5 nitrogen and oxygen atoms in total. The maximum atomic E-state index is 12.9. The maximum absolute atomic E-state index is 12.9. The summed E-state index contributed by atoms with van der Waals surface area (Å²) in [6.45, 7) is 11.4. The normalized spacial score (nSPS) is 12.1. The molecule has 0 saturated carbocycles. The lowest BCUT2D eigenvalue weighted by atomic mass is 10.2. The van der Waals surface area contributed by atoms with Gasteiger partial charge in [-0.25, -0.2) is 8.42 Å². The number of hydrogen-bond acceptors (Lipinski definition) is 4. The Morgan fingerprint density at radius 3 is 2.18 bits per heavy atom. The van der Waals surface area contributed by atoms with E-state index in [4.69, 9.17) is 4.74 Å². The van der Waals surface area contributed by atoms with Gasteiger partial charge in [0, 0.05) is 19.6 Å². The minimum absolute atomic E-state index is 0.247. The average molecular weight is 328 g/mol. The van der Waals surface area contributed by atoms with Crippen LogP contribution < -0.4 is 4.74 Å². The van der Waals surface area contributed by atoms with Crippen molar-refractivity contribution in [3.63, 3.8) is 0 Å². The van der Waals surface area contributed by atoms with E-state index in [1.165, 1.54) is 11.4 Å². The van der Waals surface area contributed by atoms with Crippen molar-refractivity contribution in [2.24, 2.45) is 0 Å². The quantitative estimate of drug-likeness (QED) is 0.698. The third kappa shape index (κ3) is 4.44. The van der Waals surface area contributed by atoms with Gasteiger partial charge in [-0.05, 0) is 37.7 Å². The first-order valence-electron chi connectivity index (χ1n) is 7.77. The third-order valence-corrected chi connectivity index (χ3v) is 5.85. The van der Waals surface area contributed by atoms with Crippen LogP contribution in [0.25, 0.3) is 0 Å². The fourth-order valence-corrected chi connectivity index (χ4v) is 4.05. The van der Waals surface area contributed by atoms with Gasteiger partial charge >= 0.3 is 0 Å². The smallest absolute Gasteiger partial charge is 0.246 e. The van der Waals surface area contributed by atoms with Crippen LogP contribution in [-0.4, -0.2) is 57.5 Å². The molecule has 0 aliphatic heterocycles. The zero-order valence-corrected chi connectivity index (χ0v) is 15.1. The van der Waals surface area contributed by atoms with E-state index >= 15 is 0 Å². The SMILES string of the molecule is CCN(CC)CCN(CC)S(=O)(=O)c1cc(C)ccc1OC. The van der Waals surface area contributed by atoms with E-state index in [0.29, 0.717) is 18.8 Å². The number of ether oxygens (including phenoxy) is 1. The fraction of sp³-hybridized carbons (Fsp3) is 0.625. The molecule has 0 unspecified atom stereocenters. The Morgan fingerprint density at radius 1 is 1.05 bits per heavy atom. The molecule has 0 spiro atoms. The minimum Gasteiger partial charge on any atom is -0.495 e. The zero-order valence-electron chi connectivity index (χ0n) is 14.3. The Balaban J connectivity index is 3.06. The Labute approximate surface area is 134 Å². The Bertz CT molecular complexity index is 569. The predicted octanol–water partition coefficient (Wildman–Crippen LogP) is 2.36. The molecule has 0 aromatic heterocycles. The molecular weight excluding hydrogens is 300 g/mol. The summed E-state index contributed by atoms with van der Waals surface area (Å²) in [5.74, 6) is 0.395. The summed E-state index contributed by atoms with van der Waals surface area (Å²) in [4.78, 5) is 2.46. The highest BCUT2D eigenvalue weighted by molar-refractivity contribution is 7.89. The molecule has 6 heteroatoms. The highest BCUT2D eigenvalue weighted by Gasteiger charge is 2.26. The second kappa shape index (κ2) is 8.50. The van der Waals surface area contributed by atoms with Crippen molar-refractivity contribution in [1.82, 2.24) is 9.21 Å². The summed E-state index contributed by atoms with van der Waals surface area (Å²) in [6, 6.07) is 5.23. The van der Waals surface area contributed by atoms with E-state index in [9.17, 15) is 8.42 Å². The van der Waals surface area contributed by atoms with Crippen LogP contribution in [-0.2, 0) is 10.0 Å². The number of nitrogens with zero attached hydrogens (tertiary/aromatic N) is 2. The third-order valence-electron chi connectivity index (χ3n) is 3.85. The number of likely N-dealkylation sites (N-methyl/N-ethyl adjacent to an activating group) is 2. The number of benzene rings is 1. The number of methoxy groups -OCH3 is 1. The van der Waals surface area contributed by atoms with Crippen molar-refractivity contribution in [2.45, 2.75) is 32.6 Å². The van der Waals surface area contributed by atoms with Crippen LogP contribution in [0.3, 0.4) is 0 Å². The summed E-state index contributed by atoms with van der Waals surface area (Å²) >= 11 is 0. The van der Waals surface area contributed by atoms with Crippen LogP contribution in [0.1, 0.15) is 26.3 Å². The van der Waals surface area contributed by atoms with E-state index < -0.39 is 10.0 Å². The molecule has 0 amide bonds. The zero-order chi connectivity index (χ0) is 16.8. The monoisotopic (exact) mass is 328 g/mol. The molecule has 0 radical (unpaired) electrons. The molecule has 126 valence electrons. The predicted molar refractivity (Wildman–Crippen MR) is 90.0 cm³/mol. The molecule has 1 aromatic carbocycles. The second-order valence-corrected chi connectivity index (χ2v) is 7.08. The van der Waals surface area contributed by atoms with Gasteiger partial charge in [0.15, 0.2) is 0 Å². The van der Waals surface area contributed by atoms with Gasteiger partial charge in [0.25, 0.3) is 0 Å². The van der Waals surface area contributed by atoms with Gasteiger partial charge in [0.05, 0.1) is 7.11 Å². The van der Waals surface area contributed by atoms with Crippen molar-refractivity contribution >= 4 is 10.0 Å². The van der Waals surface area contributed by atoms with Crippen molar-refractivity contribution in [2.75, 3.05) is 39.8 Å². The average Bonchev–Trinajstić information content (AvgIpc) is 2.51. The first-order valence-corrected chi connectivity index (χ1v) is 9.21.